The van der Waals surface area contributed by atoms with Gasteiger partial charge in [0, 0.05) is 0 Å². The van der Waals surface area contributed by atoms with Crippen molar-refractivity contribution < 1.29 is 33.2 Å². The van der Waals surface area contributed by atoms with Gasteiger partial charge in [-0.05, 0) is 39.8 Å². The summed E-state index contributed by atoms with van der Waals surface area (Å²) in [7, 11) is 0. The van der Waals surface area contributed by atoms with E-state index in [-0.39, 0.29) is 19.3 Å². The fraction of sp³-hybridized carbons (Fsp3) is 0.632. The molecular weight excluding hydrogens is 340 g/mol. The molecule has 7 nitrogen and oxygen atoms in total. The van der Waals surface area contributed by atoms with Crippen molar-refractivity contribution in [1.82, 2.24) is 0 Å². The van der Waals surface area contributed by atoms with Crippen LogP contribution < -0.4 is 0 Å². The number of esters is 1. The van der Waals surface area contributed by atoms with Crippen molar-refractivity contribution >= 4 is 5.97 Å². The molecule has 1 spiro atoms. The highest BCUT2D eigenvalue weighted by Crippen LogP contribution is 2.45. The number of carbonyl (C=O) groups excluding carboxylic acids is 1. The van der Waals surface area contributed by atoms with Crippen LogP contribution in [0.15, 0.2) is 30.3 Å². The summed E-state index contributed by atoms with van der Waals surface area (Å²) < 4.78 is 35.5. The lowest BCUT2D eigenvalue weighted by Gasteiger charge is -2.43. The maximum Gasteiger partial charge on any atom is 0.338 e. The minimum atomic E-state index is -1.22. The number of carbonyl (C=O) groups is 1. The predicted octanol–water partition coefficient (Wildman–Crippen LogP) is 2.24. The van der Waals surface area contributed by atoms with E-state index in [4.69, 9.17) is 28.4 Å². The molecule has 4 atom stereocenters. The second-order valence-corrected chi connectivity index (χ2v) is 7.74. The first kappa shape index (κ1) is 17.9. The molecule has 0 N–H and O–H groups in total. The fourth-order valence-corrected chi connectivity index (χ4v) is 3.68. The van der Waals surface area contributed by atoms with E-state index in [1.807, 2.05) is 19.9 Å². The summed E-state index contributed by atoms with van der Waals surface area (Å²) in [5.74, 6) is -3.34. The average Bonchev–Trinajstić information content (AvgIpc) is 3.07. The molecule has 3 heterocycles. The highest BCUT2D eigenvalue weighted by molar-refractivity contribution is 5.89. The van der Waals surface area contributed by atoms with E-state index in [0.29, 0.717) is 5.56 Å². The summed E-state index contributed by atoms with van der Waals surface area (Å²) in [6.07, 6.45) is -1.68. The largest absolute Gasteiger partial charge is 0.450 e. The third-order valence-corrected chi connectivity index (χ3v) is 4.73. The van der Waals surface area contributed by atoms with E-state index in [0.717, 1.165) is 0 Å². The predicted molar refractivity (Wildman–Crippen MR) is 89.3 cm³/mol. The van der Waals surface area contributed by atoms with Gasteiger partial charge in [0.15, 0.2) is 17.7 Å². The molecule has 4 rings (SSSR count). The SMILES string of the molecule is CC1(C)O[C@@H]2[C@@H](CO[C@]3(COC(C)(C)O3)[C@H]2OC(=O)c2ccccc2)O1. The Bertz CT molecular complexity index is 684. The Morgan fingerprint density at radius 1 is 1.04 bits per heavy atom. The summed E-state index contributed by atoms with van der Waals surface area (Å²) in [6, 6.07) is 8.79. The molecular formula is C19H24O7. The van der Waals surface area contributed by atoms with Crippen LogP contribution in [-0.2, 0) is 28.4 Å². The minimum absolute atomic E-state index is 0.139. The van der Waals surface area contributed by atoms with Crippen LogP contribution in [0.1, 0.15) is 38.1 Å². The van der Waals surface area contributed by atoms with Gasteiger partial charge in [-0.3, -0.25) is 0 Å². The van der Waals surface area contributed by atoms with Crippen molar-refractivity contribution in [3.05, 3.63) is 35.9 Å². The smallest absolute Gasteiger partial charge is 0.338 e. The van der Waals surface area contributed by atoms with Gasteiger partial charge in [-0.15, -0.1) is 0 Å². The Hall–Kier alpha value is -1.51. The molecule has 0 radical (unpaired) electrons. The summed E-state index contributed by atoms with van der Waals surface area (Å²) in [5.41, 5.74) is 0.445. The van der Waals surface area contributed by atoms with E-state index in [9.17, 15) is 4.79 Å². The van der Waals surface area contributed by atoms with E-state index in [1.54, 1.807) is 38.1 Å². The first-order chi connectivity index (χ1) is 12.2. The lowest BCUT2D eigenvalue weighted by atomic mass is 9.97. The van der Waals surface area contributed by atoms with E-state index < -0.39 is 35.5 Å². The number of benzene rings is 1. The minimum Gasteiger partial charge on any atom is -0.450 e. The van der Waals surface area contributed by atoms with Gasteiger partial charge in [-0.2, -0.15) is 0 Å². The standard InChI is InChI=1S/C19H24O7/c1-17(2)22-11-19(26-17)15(23-16(20)12-8-6-5-7-9-12)14-13(10-21-19)24-18(3,4)25-14/h5-9,13-15H,10-11H2,1-4H3/t13-,14-,15+,19+/m1/s1. The molecule has 3 fully saturated rings. The third-order valence-electron chi connectivity index (χ3n) is 4.73. The van der Waals surface area contributed by atoms with Gasteiger partial charge in [0.05, 0.1) is 12.2 Å². The highest BCUT2D eigenvalue weighted by atomic mass is 16.9. The molecule has 1 aromatic rings. The van der Waals surface area contributed by atoms with Crippen LogP contribution in [0.2, 0.25) is 0 Å². The number of hydrogen-bond donors (Lipinski definition) is 0. The second-order valence-electron chi connectivity index (χ2n) is 7.74. The molecule has 142 valence electrons. The Labute approximate surface area is 152 Å². The topological polar surface area (TPSA) is 72.5 Å². The van der Waals surface area contributed by atoms with E-state index in [1.165, 1.54) is 0 Å². The lowest BCUT2D eigenvalue weighted by Crippen LogP contribution is -2.63. The Kier molecular flexibility index (Phi) is 4.13. The number of fused-ring (bicyclic) bond motifs is 1. The molecule has 7 heteroatoms. The molecule has 3 saturated heterocycles. The molecule has 0 saturated carbocycles. The van der Waals surface area contributed by atoms with Gasteiger partial charge in [-0.25, -0.2) is 4.79 Å². The molecule has 1 aromatic carbocycles. The first-order valence-electron chi connectivity index (χ1n) is 8.80. The zero-order chi connectivity index (χ0) is 18.6. The van der Waals surface area contributed by atoms with Crippen LogP contribution in [0.3, 0.4) is 0 Å². The molecule has 3 aliphatic heterocycles. The van der Waals surface area contributed by atoms with Crippen LogP contribution in [0.4, 0.5) is 0 Å². The molecule has 0 amide bonds. The fourth-order valence-electron chi connectivity index (χ4n) is 3.68. The van der Waals surface area contributed by atoms with E-state index in [2.05, 4.69) is 0 Å². The van der Waals surface area contributed by atoms with Gasteiger partial charge in [0.1, 0.15) is 18.8 Å². The molecule has 0 unspecified atom stereocenters. The zero-order valence-corrected chi connectivity index (χ0v) is 15.4. The van der Waals surface area contributed by atoms with Crippen LogP contribution in [0, 0.1) is 0 Å². The van der Waals surface area contributed by atoms with Gasteiger partial charge < -0.3 is 28.4 Å². The van der Waals surface area contributed by atoms with Crippen LogP contribution >= 0.6 is 0 Å². The highest BCUT2D eigenvalue weighted by Gasteiger charge is 2.64. The molecule has 3 aliphatic rings. The monoisotopic (exact) mass is 364 g/mol. The average molecular weight is 364 g/mol. The van der Waals surface area contributed by atoms with Crippen LogP contribution in [0.25, 0.3) is 0 Å². The normalized spacial score (nSPS) is 37.5. The summed E-state index contributed by atoms with van der Waals surface area (Å²) in [6.45, 7) is 7.65. The van der Waals surface area contributed by atoms with Crippen molar-refractivity contribution in [1.29, 1.82) is 0 Å². The third kappa shape index (κ3) is 3.14. The van der Waals surface area contributed by atoms with E-state index >= 15 is 0 Å². The maximum atomic E-state index is 12.7. The molecule has 0 bridgehead atoms. The Morgan fingerprint density at radius 2 is 1.77 bits per heavy atom. The molecule has 0 aliphatic carbocycles. The van der Waals surface area contributed by atoms with Crippen LogP contribution in [-0.4, -0.2) is 54.9 Å². The quantitative estimate of drug-likeness (QED) is 0.745. The van der Waals surface area contributed by atoms with Gasteiger partial charge in [0.25, 0.3) is 0 Å². The Morgan fingerprint density at radius 3 is 2.42 bits per heavy atom. The number of hydrogen-bond acceptors (Lipinski definition) is 7. The second kappa shape index (κ2) is 6.00. The zero-order valence-electron chi connectivity index (χ0n) is 15.4. The van der Waals surface area contributed by atoms with Gasteiger partial charge in [-0.1, -0.05) is 18.2 Å². The number of ether oxygens (including phenoxy) is 6. The van der Waals surface area contributed by atoms with Crippen LogP contribution in [0.5, 0.6) is 0 Å². The number of rotatable bonds is 2. The molecule has 0 aromatic heterocycles. The van der Waals surface area contributed by atoms with Crippen molar-refractivity contribution in [2.45, 2.75) is 63.4 Å². The molecule has 26 heavy (non-hydrogen) atoms. The lowest BCUT2D eigenvalue weighted by molar-refractivity contribution is -0.325. The Balaban J connectivity index is 1.64. The van der Waals surface area contributed by atoms with Crippen molar-refractivity contribution in [3.63, 3.8) is 0 Å². The first-order valence-corrected chi connectivity index (χ1v) is 8.80. The van der Waals surface area contributed by atoms with Crippen molar-refractivity contribution in [2.24, 2.45) is 0 Å². The summed E-state index contributed by atoms with van der Waals surface area (Å²) in [5, 5.41) is 0. The van der Waals surface area contributed by atoms with Gasteiger partial charge >= 0.3 is 5.97 Å². The maximum absolute atomic E-state index is 12.7. The van der Waals surface area contributed by atoms with Crippen molar-refractivity contribution in [3.8, 4) is 0 Å². The van der Waals surface area contributed by atoms with Crippen molar-refractivity contribution in [2.75, 3.05) is 13.2 Å². The summed E-state index contributed by atoms with van der Waals surface area (Å²) in [4.78, 5) is 12.7. The van der Waals surface area contributed by atoms with Gasteiger partial charge in [0.2, 0.25) is 5.79 Å². The summed E-state index contributed by atoms with van der Waals surface area (Å²) >= 11 is 0.